The van der Waals surface area contributed by atoms with Crippen LogP contribution in [0.15, 0.2) is 121 Å². The zero-order valence-corrected chi connectivity index (χ0v) is 21.0. The van der Waals surface area contributed by atoms with Crippen LogP contribution < -0.4 is 0 Å². The van der Waals surface area contributed by atoms with E-state index in [1.807, 2.05) is 60.7 Å². The molecule has 0 bridgehead atoms. The van der Waals surface area contributed by atoms with Crippen LogP contribution in [0, 0.1) is 0 Å². The summed E-state index contributed by atoms with van der Waals surface area (Å²) in [6.07, 6.45) is -0.0604. The van der Waals surface area contributed by atoms with E-state index in [-0.39, 0.29) is 24.4 Å². The molecule has 4 aromatic carbocycles. The summed E-state index contributed by atoms with van der Waals surface area (Å²) in [7, 11) is 0. The average molecular weight is 495 g/mol. The molecule has 0 amide bonds. The van der Waals surface area contributed by atoms with Gasteiger partial charge in [0, 0.05) is 6.42 Å². The highest BCUT2D eigenvalue weighted by atomic mass is 16.6. The van der Waals surface area contributed by atoms with Crippen molar-refractivity contribution < 1.29 is 18.9 Å². The molecule has 4 nitrogen and oxygen atoms in total. The predicted octanol–water partition coefficient (Wildman–Crippen LogP) is 6.90. The summed E-state index contributed by atoms with van der Waals surface area (Å²) in [6.45, 7) is 1.96. The molecule has 190 valence electrons. The standard InChI is InChI=1S/C33H34O4/c1-5-13-26(14-6-1)22-34-25-32-33(36-24-28-17-9-3-10-18-28)31(35-23-27-15-7-2-8-16-27)21-30(37-32)29-19-11-4-12-20-29/h1-20,30-33H,21-25H2/t30-,31+,32?,33-/m0/s1. The van der Waals surface area contributed by atoms with Gasteiger partial charge in [0.05, 0.1) is 38.6 Å². The number of benzene rings is 4. The van der Waals surface area contributed by atoms with Crippen molar-refractivity contribution in [1.29, 1.82) is 0 Å². The topological polar surface area (TPSA) is 36.9 Å². The molecule has 0 N–H and O–H groups in total. The van der Waals surface area contributed by atoms with Crippen molar-refractivity contribution in [3.8, 4) is 0 Å². The molecule has 4 atom stereocenters. The Hall–Kier alpha value is -3.28. The van der Waals surface area contributed by atoms with Gasteiger partial charge in [-0.25, -0.2) is 0 Å². The fourth-order valence-corrected chi connectivity index (χ4v) is 4.73. The molecule has 0 spiro atoms. The van der Waals surface area contributed by atoms with Gasteiger partial charge >= 0.3 is 0 Å². The Morgan fingerprint density at radius 3 is 1.62 bits per heavy atom. The number of hydrogen-bond donors (Lipinski definition) is 0. The Bertz CT molecular complexity index is 1170. The lowest BCUT2D eigenvalue weighted by molar-refractivity contribution is -0.222. The third kappa shape index (κ3) is 7.37. The highest BCUT2D eigenvalue weighted by Gasteiger charge is 2.41. The van der Waals surface area contributed by atoms with E-state index >= 15 is 0 Å². The fourth-order valence-electron chi connectivity index (χ4n) is 4.73. The second-order valence-corrected chi connectivity index (χ2v) is 9.41. The molecule has 37 heavy (non-hydrogen) atoms. The molecule has 4 aromatic rings. The number of hydrogen-bond acceptors (Lipinski definition) is 4. The monoisotopic (exact) mass is 494 g/mol. The third-order valence-electron chi connectivity index (χ3n) is 6.68. The van der Waals surface area contributed by atoms with Crippen LogP contribution in [0.25, 0.3) is 0 Å². The molecule has 0 radical (unpaired) electrons. The Balaban J connectivity index is 1.35. The highest BCUT2D eigenvalue weighted by Crippen LogP contribution is 2.35. The Morgan fingerprint density at radius 1 is 0.568 bits per heavy atom. The minimum Gasteiger partial charge on any atom is -0.374 e. The minimum absolute atomic E-state index is 0.0936. The SMILES string of the molecule is c1ccc(COCC2O[C@H](c3ccccc3)C[C@@H](OCc3ccccc3)[C@@H]2OCc2ccccc2)cc1. The van der Waals surface area contributed by atoms with Gasteiger partial charge in [-0.1, -0.05) is 121 Å². The average Bonchev–Trinajstić information content (AvgIpc) is 2.97. The van der Waals surface area contributed by atoms with Crippen molar-refractivity contribution in [3.63, 3.8) is 0 Å². The van der Waals surface area contributed by atoms with E-state index < -0.39 is 0 Å². The molecular formula is C33H34O4. The van der Waals surface area contributed by atoms with Crippen LogP contribution in [-0.4, -0.2) is 24.9 Å². The first-order valence-corrected chi connectivity index (χ1v) is 13.0. The fraction of sp³-hybridized carbons (Fsp3) is 0.273. The molecule has 1 unspecified atom stereocenters. The zero-order chi connectivity index (χ0) is 25.1. The van der Waals surface area contributed by atoms with Crippen molar-refractivity contribution in [2.45, 2.75) is 50.7 Å². The largest absolute Gasteiger partial charge is 0.374 e. The molecule has 1 heterocycles. The molecule has 0 saturated carbocycles. The highest BCUT2D eigenvalue weighted by molar-refractivity contribution is 5.20. The summed E-state index contributed by atoms with van der Waals surface area (Å²) in [5, 5.41) is 0. The van der Waals surface area contributed by atoms with Gasteiger partial charge in [0.2, 0.25) is 0 Å². The lowest BCUT2D eigenvalue weighted by atomic mass is 9.93. The third-order valence-corrected chi connectivity index (χ3v) is 6.68. The summed E-state index contributed by atoms with van der Waals surface area (Å²) in [6, 6.07) is 41.1. The number of ether oxygens (including phenoxy) is 4. The maximum Gasteiger partial charge on any atom is 0.113 e. The van der Waals surface area contributed by atoms with Crippen LogP contribution in [0.1, 0.15) is 34.8 Å². The van der Waals surface area contributed by atoms with Gasteiger partial charge in [0.25, 0.3) is 0 Å². The minimum atomic E-state index is -0.271. The van der Waals surface area contributed by atoms with Crippen LogP contribution in [0.3, 0.4) is 0 Å². The summed E-state index contributed by atoms with van der Waals surface area (Å²) in [5.41, 5.74) is 4.55. The summed E-state index contributed by atoms with van der Waals surface area (Å²) in [4.78, 5) is 0. The van der Waals surface area contributed by atoms with Crippen molar-refractivity contribution in [2.75, 3.05) is 6.61 Å². The van der Waals surface area contributed by atoms with Gasteiger partial charge in [-0.15, -0.1) is 0 Å². The van der Waals surface area contributed by atoms with Crippen molar-refractivity contribution in [3.05, 3.63) is 144 Å². The molecule has 0 aromatic heterocycles. The van der Waals surface area contributed by atoms with E-state index in [0.717, 1.165) is 22.3 Å². The zero-order valence-electron chi connectivity index (χ0n) is 21.0. The maximum atomic E-state index is 6.66. The van der Waals surface area contributed by atoms with E-state index in [1.165, 1.54) is 0 Å². The van der Waals surface area contributed by atoms with Crippen molar-refractivity contribution in [2.24, 2.45) is 0 Å². The van der Waals surface area contributed by atoms with Gasteiger partial charge in [0.15, 0.2) is 0 Å². The van der Waals surface area contributed by atoms with E-state index in [9.17, 15) is 0 Å². The lowest BCUT2D eigenvalue weighted by Gasteiger charge is -2.41. The van der Waals surface area contributed by atoms with Gasteiger partial charge in [-0.2, -0.15) is 0 Å². The Labute approximate surface area is 219 Å². The van der Waals surface area contributed by atoms with Gasteiger partial charge in [-0.3, -0.25) is 0 Å². The first-order chi connectivity index (χ1) is 18.3. The summed E-state index contributed by atoms with van der Waals surface area (Å²) in [5.74, 6) is 0. The molecule has 1 saturated heterocycles. The Kier molecular flexibility index (Phi) is 9.13. The van der Waals surface area contributed by atoms with Crippen LogP contribution in [0.2, 0.25) is 0 Å². The van der Waals surface area contributed by atoms with Crippen LogP contribution in [-0.2, 0) is 38.8 Å². The molecule has 5 rings (SSSR count). The lowest BCUT2D eigenvalue weighted by Crippen LogP contribution is -2.50. The van der Waals surface area contributed by atoms with Crippen molar-refractivity contribution >= 4 is 0 Å². The van der Waals surface area contributed by atoms with E-state index in [4.69, 9.17) is 18.9 Å². The predicted molar refractivity (Wildman–Crippen MR) is 145 cm³/mol. The van der Waals surface area contributed by atoms with E-state index in [1.54, 1.807) is 0 Å². The van der Waals surface area contributed by atoms with Crippen LogP contribution >= 0.6 is 0 Å². The van der Waals surface area contributed by atoms with Gasteiger partial charge < -0.3 is 18.9 Å². The molecule has 4 heteroatoms. The summed E-state index contributed by atoms with van der Waals surface area (Å²) < 4.78 is 25.9. The summed E-state index contributed by atoms with van der Waals surface area (Å²) >= 11 is 0. The first kappa shape index (κ1) is 25.4. The molecule has 1 fully saturated rings. The molecular weight excluding hydrogens is 460 g/mol. The second-order valence-electron chi connectivity index (χ2n) is 9.41. The van der Waals surface area contributed by atoms with Crippen molar-refractivity contribution in [1.82, 2.24) is 0 Å². The van der Waals surface area contributed by atoms with Gasteiger partial charge in [0.1, 0.15) is 12.2 Å². The first-order valence-electron chi connectivity index (χ1n) is 13.0. The normalized spacial score (nSPS) is 21.5. The molecule has 1 aliphatic rings. The van der Waals surface area contributed by atoms with Crippen LogP contribution in [0.4, 0.5) is 0 Å². The molecule has 1 aliphatic heterocycles. The second kappa shape index (κ2) is 13.3. The van der Waals surface area contributed by atoms with Crippen LogP contribution in [0.5, 0.6) is 0 Å². The van der Waals surface area contributed by atoms with Gasteiger partial charge in [-0.05, 0) is 22.3 Å². The smallest absolute Gasteiger partial charge is 0.113 e. The number of rotatable bonds is 11. The van der Waals surface area contributed by atoms with E-state index in [0.29, 0.717) is 32.8 Å². The maximum absolute atomic E-state index is 6.66. The molecule has 0 aliphatic carbocycles. The quantitative estimate of drug-likeness (QED) is 0.227. The van der Waals surface area contributed by atoms with E-state index in [2.05, 4.69) is 60.7 Å². The Morgan fingerprint density at radius 2 is 1.05 bits per heavy atom.